The lowest BCUT2D eigenvalue weighted by Crippen LogP contribution is -2.53. The van der Waals surface area contributed by atoms with Crippen LogP contribution in [0, 0.1) is 6.92 Å². The summed E-state index contributed by atoms with van der Waals surface area (Å²) in [6, 6.07) is 0. The molecule has 7 nitrogen and oxygen atoms in total. The number of nitrogens with zero attached hydrogens (tertiary/aromatic N) is 1. The van der Waals surface area contributed by atoms with Crippen LogP contribution in [0.4, 0.5) is 0 Å². The molecule has 0 aliphatic carbocycles. The third-order valence-corrected chi connectivity index (χ3v) is 10.5. The van der Waals surface area contributed by atoms with E-state index in [-0.39, 0.29) is 17.5 Å². The maximum atomic E-state index is 12.2. The Balaban J connectivity index is 2.40. The van der Waals surface area contributed by atoms with Crippen molar-refractivity contribution < 1.29 is 14.3 Å². The molecule has 0 radical (unpaired) electrons. The Hall–Kier alpha value is -0.933. The number of halogens is 1. The van der Waals surface area contributed by atoms with Crippen molar-refractivity contribution in [3.63, 3.8) is 0 Å². The molecule has 0 saturated carbocycles. The highest BCUT2D eigenvalue weighted by Gasteiger charge is 2.53. The molecule has 1 aliphatic rings. The fourth-order valence-corrected chi connectivity index (χ4v) is 4.45. The van der Waals surface area contributed by atoms with E-state index in [1.807, 2.05) is 0 Å². The molecule has 0 amide bonds. The number of hydrogen-bond donors (Lipinski definition) is 2. The van der Waals surface area contributed by atoms with Crippen LogP contribution in [0.25, 0.3) is 0 Å². The summed E-state index contributed by atoms with van der Waals surface area (Å²) in [4.78, 5) is 26.1. The van der Waals surface area contributed by atoms with Crippen molar-refractivity contribution in [3.8, 4) is 0 Å². The minimum atomic E-state index is -2.15. The number of aliphatic hydroxyl groups excluding tert-OH is 1. The van der Waals surface area contributed by atoms with Gasteiger partial charge in [0.2, 0.25) is 0 Å². The standard InChI is InChI=1S/C17H29ClN2O5Si/c1-11-8-20(15(23)19-14(11)22)13-7-12(17(9-18,10-21)24-13)25-26(5,6)16(2,3)4/h8,12-13,21H,7,9-10H2,1-6H3,(H,19,22,23)/t12-,13+,17+/m0/s1. The van der Waals surface area contributed by atoms with Gasteiger partial charge in [0.05, 0.1) is 18.6 Å². The zero-order chi connectivity index (χ0) is 19.9. The first-order valence-electron chi connectivity index (χ1n) is 8.71. The molecule has 1 aromatic rings. The van der Waals surface area contributed by atoms with Crippen LogP contribution in [-0.2, 0) is 9.16 Å². The van der Waals surface area contributed by atoms with Crippen LogP contribution in [-0.4, -0.2) is 47.2 Å². The van der Waals surface area contributed by atoms with Crippen LogP contribution < -0.4 is 11.2 Å². The summed E-state index contributed by atoms with van der Waals surface area (Å²) in [6.45, 7) is 11.9. The van der Waals surface area contributed by atoms with E-state index in [0.29, 0.717) is 12.0 Å². The van der Waals surface area contributed by atoms with E-state index in [9.17, 15) is 14.7 Å². The van der Waals surface area contributed by atoms with Gasteiger partial charge in [-0.05, 0) is 25.1 Å². The average Bonchev–Trinajstić information content (AvgIpc) is 2.88. The number of rotatable bonds is 5. The molecule has 2 rings (SSSR count). The van der Waals surface area contributed by atoms with Crippen molar-refractivity contribution in [2.45, 2.75) is 70.2 Å². The first-order chi connectivity index (χ1) is 11.9. The number of aromatic nitrogens is 2. The molecule has 3 atom stereocenters. The zero-order valence-electron chi connectivity index (χ0n) is 16.3. The summed E-state index contributed by atoms with van der Waals surface area (Å²) < 4.78 is 13.9. The topological polar surface area (TPSA) is 93.6 Å². The molecular weight excluding hydrogens is 376 g/mol. The van der Waals surface area contributed by atoms with E-state index in [4.69, 9.17) is 20.8 Å². The van der Waals surface area contributed by atoms with Crippen molar-refractivity contribution in [2.75, 3.05) is 12.5 Å². The van der Waals surface area contributed by atoms with E-state index in [1.165, 1.54) is 10.8 Å². The second-order valence-corrected chi connectivity index (χ2v) is 13.5. The zero-order valence-corrected chi connectivity index (χ0v) is 18.0. The minimum absolute atomic E-state index is 0.0238. The Morgan fingerprint density at radius 3 is 2.58 bits per heavy atom. The van der Waals surface area contributed by atoms with Gasteiger partial charge in [0.1, 0.15) is 11.8 Å². The minimum Gasteiger partial charge on any atom is -0.411 e. The Kier molecular flexibility index (Phi) is 5.95. The van der Waals surface area contributed by atoms with Crippen LogP contribution in [0.3, 0.4) is 0 Å². The fraction of sp³-hybridized carbons (Fsp3) is 0.765. The van der Waals surface area contributed by atoms with Crippen molar-refractivity contribution >= 4 is 19.9 Å². The monoisotopic (exact) mass is 404 g/mol. The van der Waals surface area contributed by atoms with Gasteiger partial charge in [0.15, 0.2) is 8.32 Å². The predicted molar refractivity (Wildman–Crippen MR) is 103 cm³/mol. The molecule has 2 heterocycles. The van der Waals surface area contributed by atoms with Crippen molar-refractivity contribution in [1.82, 2.24) is 9.55 Å². The van der Waals surface area contributed by atoms with E-state index in [0.717, 1.165) is 0 Å². The van der Waals surface area contributed by atoms with Crippen LogP contribution in [0.1, 0.15) is 39.0 Å². The molecule has 0 unspecified atom stereocenters. The molecule has 1 aromatic heterocycles. The number of hydrogen-bond acceptors (Lipinski definition) is 5. The van der Waals surface area contributed by atoms with Gasteiger partial charge in [0, 0.05) is 18.2 Å². The lowest BCUT2D eigenvalue weighted by Gasteiger charge is -2.42. The van der Waals surface area contributed by atoms with Crippen molar-refractivity contribution in [3.05, 3.63) is 32.6 Å². The molecule has 1 fully saturated rings. The predicted octanol–water partition coefficient (Wildman–Crippen LogP) is 2.12. The molecular formula is C17H29ClN2O5Si. The second kappa shape index (κ2) is 7.24. The highest BCUT2D eigenvalue weighted by atomic mass is 35.5. The smallest absolute Gasteiger partial charge is 0.330 e. The number of ether oxygens (including phenoxy) is 1. The molecule has 9 heteroatoms. The Bertz CT molecular complexity index is 764. The van der Waals surface area contributed by atoms with Gasteiger partial charge in [-0.2, -0.15) is 0 Å². The molecule has 1 aliphatic heterocycles. The van der Waals surface area contributed by atoms with Crippen LogP contribution in [0.2, 0.25) is 18.1 Å². The van der Waals surface area contributed by atoms with Crippen molar-refractivity contribution in [1.29, 1.82) is 0 Å². The van der Waals surface area contributed by atoms with E-state index < -0.39 is 37.5 Å². The fourth-order valence-electron chi connectivity index (χ4n) is 2.75. The number of H-pyrrole nitrogens is 1. The lowest BCUT2D eigenvalue weighted by molar-refractivity contribution is -0.112. The summed E-state index contributed by atoms with van der Waals surface area (Å²) >= 11 is 6.16. The van der Waals surface area contributed by atoms with E-state index in [1.54, 1.807) is 6.92 Å². The summed E-state index contributed by atoms with van der Waals surface area (Å²) in [5.74, 6) is 0.0381. The highest BCUT2D eigenvalue weighted by Crippen LogP contribution is 2.44. The maximum Gasteiger partial charge on any atom is 0.330 e. The van der Waals surface area contributed by atoms with E-state index in [2.05, 4.69) is 38.8 Å². The molecule has 0 aromatic carbocycles. The maximum absolute atomic E-state index is 12.2. The average molecular weight is 405 g/mol. The van der Waals surface area contributed by atoms with Gasteiger partial charge in [-0.1, -0.05) is 20.8 Å². The molecule has 0 bridgehead atoms. The summed E-state index contributed by atoms with van der Waals surface area (Å²) in [7, 11) is -2.15. The third-order valence-electron chi connectivity index (χ3n) is 5.57. The van der Waals surface area contributed by atoms with Gasteiger partial charge in [-0.15, -0.1) is 11.6 Å². The summed E-state index contributed by atoms with van der Waals surface area (Å²) in [5, 5.41) is 9.98. The number of aryl methyl sites for hydroxylation is 1. The Morgan fingerprint density at radius 2 is 2.08 bits per heavy atom. The largest absolute Gasteiger partial charge is 0.411 e. The summed E-state index contributed by atoms with van der Waals surface area (Å²) in [5.41, 5.74) is -1.67. The number of aromatic amines is 1. The normalized spacial score (nSPS) is 27.1. The molecule has 2 N–H and O–H groups in total. The van der Waals surface area contributed by atoms with Gasteiger partial charge in [-0.25, -0.2) is 4.79 Å². The van der Waals surface area contributed by atoms with Crippen LogP contribution >= 0.6 is 11.6 Å². The Labute approximate surface area is 159 Å². The second-order valence-electron chi connectivity index (χ2n) is 8.51. The Morgan fingerprint density at radius 1 is 1.46 bits per heavy atom. The van der Waals surface area contributed by atoms with Crippen LogP contribution in [0.15, 0.2) is 15.8 Å². The number of aliphatic hydroxyl groups is 1. The molecule has 26 heavy (non-hydrogen) atoms. The van der Waals surface area contributed by atoms with Gasteiger partial charge >= 0.3 is 5.69 Å². The molecule has 1 saturated heterocycles. The quantitative estimate of drug-likeness (QED) is 0.579. The molecule has 0 spiro atoms. The van der Waals surface area contributed by atoms with E-state index >= 15 is 0 Å². The van der Waals surface area contributed by atoms with Crippen LogP contribution in [0.5, 0.6) is 0 Å². The lowest BCUT2D eigenvalue weighted by atomic mass is 10.0. The number of alkyl halides is 1. The van der Waals surface area contributed by atoms with Crippen molar-refractivity contribution in [2.24, 2.45) is 0 Å². The van der Waals surface area contributed by atoms with Gasteiger partial charge < -0.3 is 14.3 Å². The first-order valence-corrected chi connectivity index (χ1v) is 12.2. The SMILES string of the molecule is Cc1cn([C@H]2C[C@H](O[Si](C)(C)C(C)(C)C)[C@](CO)(CCl)O2)c(=O)[nH]c1=O. The van der Waals surface area contributed by atoms with Gasteiger partial charge in [0.25, 0.3) is 5.56 Å². The summed E-state index contributed by atoms with van der Waals surface area (Å²) in [6.07, 6.45) is 0.719. The highest BCUT2D eigenvalue weighted by molar-refractivity contribution is 6.74. The molecule has 148 valence electrons. The third kappa shape index (κ3) is 3.84. The van der Waals surface area contributed by atoms with Gasteiger partial charge in [-0.3, -0.25) is 14.3 Å². The first kappa shape index (κ1) is 21.4. The number of nitrogens with one attached hydrogen (secondary N) is 1.